The lowest BCUT2D eigenvalue weighted by atomic mass is 10.0. The SMILES string of the molecule is O=C1NCCCCCCN(S(=O)(=O)c2cccc(F)c2)[C@H]2C[C@H](C(=O)N3CCN(c4ccccn4)CC3)C[C@@H]12. The van der Waals surface area contributed by atoms with Gasteiger partial charge in [-0.2, -0.15) is 4.31 Å². The van der Waals surface area contributed by atoms with Gasteiger partial charge in [0, 0.05) is 57.4 Å². The summed E-state index contributed by atoms with van der Waals surface area (Å²) in [6.07, 6.45) is 5.49. The molecular weight excluding hydrogens is 521 g/mol. The summed E-state index contributed by atoms with van der Waals surface area (Å²) in [6.45, 7) is 3.16. The number of nitrogens with zero attached hydrogens (tertiary/aromatic N) is 4. The van der Waals surface area contributed by atoms with Crippen LogP contribution in [-0.4, -0.2) is 79.7 Å². The van der Waals surface area contributed by atoms with Crippen molar-refractivity contribution in [1.82, 2.24) is 19.5 Å². The van der Waals surface area contributed by atoms with E-state index in [1.54, 1.807) is 6.20 Å². The average Bonchev–Trinajstić information content (AvgIpc) is 3.38. The average molecular weight is 558 g/mol. The first-order chi connectivity index (χ1) is 18.8. The number of piperazine rings is 1. The smallest absolute Gasteiger partial charge is 0.243 e. The van der Waals surface area contributed by atoms with Crippen LogP contribution in [0.15, 0.2) is 53.6 Å². The highest BCUT2D eigenvalue weighted by Gasteiger charge is 2.48. The topological polar surface area (TPSA) is 103 Å². The van der Waals surface area contributed by atoms with Crippen LogP contribution in [0.5, 0.6) is 0 Å². The zero-order valence-electron chi connectivity index (χ0n) is 22.0. The molecule has 1 N–H and O–H groups in total. The van der Waals surface area contributed by atoms with E-state index in [1.807, 2.05) is 23.1 Å². The number of amides is 2. The number of anilines is 1. The Balaban J connectivity index is 1.36. The lowest BCUT2D eigenvalue weighted by Crippen LogP contribution is -2.50. The number of carbonyl (C=O) groups is 2. The van der Waals surface area contributed by atoms with E-state index >= 15 is 0 Å². The maximum atomic E-state index is 14.0. The second kappa shape index (κ2) is 12.0. The van der Waals surface area contributed by atoms with Crippen LogP contribution in [0.2, 0.25) is 0 Å². The predicted octanol–water partition coefficient (Wildman–Crippen LogP) is 2.65. The molecule has 2 aliphatic heterocycles. The normalized spacial score (nSPS) is 25.5. The Labute approximate surface area is 229 Å². The van der Waals surface area contributed by atoms with Crippen LogP contribution >= 0.6 is 0 Å². The molecule has 3 heterocycles. The van der Waals surface area contributed by atoms with E-state index in [1.165, 1.54) is 22.5 Å². The highest BCUT2D eigenvalue weighted by molar-refractivity contribution is 7.89. The molecule has 1 aromatic heterocycles. The molecule has 1 saturated carbocycles. The molecule has 2 aromatic rings. The van der Waals surface area contributed by atoms with E-state index in [2.05, 4.69) is 15.2 Å². The van der Waals surface area contributed by atoms with Crippen molar-refractivity contribution in [2.24, 2.45) is 11.8 Å². The number of sulfonamides is 1. The molecule has 11 heteroatoms. The summed E-state index contributed by atoms with van der Waals surface area (Å²) in [5.41, 5.74) is 0. The van der Waals surface area contributed by atoms with Crippen molar-refractivity contribution in [3.8, 4) is 0 Å². The molecule has 3 aliphatic rings. The molecule has 3 atom stereocenters. The van der Waals surface area contributed by atoms with Gasteiger partial charge in [-0.3, -0.25) is 9.59 Å². The number of rotatable bonds is 4. The Morgan fingerprint density at radius 2 is 1.74 bits per heavy atom. The van der Waals surface area contributed by atoms with Crippen molar-refractivity contribution >= 4 is 27.7 Å². The molecule has 2 saturated heterocycles. The molecule has 5 rings (SSSR count). The molecule has 0 radical (unpaired) electrons. The quantitative estimate of drug-likeness (QED) is 0.620. The summed E-state index contributed by atoms with van der Waals surface area (Å²) in [5, 5.41) is 2.98. The van der Waals surface area contributed by atoms with Gasteiger partial charge >= 0.3 is 0 Å². The van der Waals surface area contributed by atoms with Crippen molar-refractivity contribution < 1.29 is 22.4 Å². The Morgan fingerprint density at radius 3 is 2.49 bits per heavy atom. The summed E-state index contributed by atoms with van der Waals surface area (Å²) < 4.78 is 43.0. The molecule has 3 fully saturated rings. The van der Waals surface area contributed by atoms with Gasteiger partial charge in [0.1, 0.15) is 11.6 Å². The van der Waals surface area contributed by atoms with Gasteiger partial charge in [-0.15, -0.1) is 0 Å². The standard InChI is InChI=1S/C28H36FN5O4S/c29-22-8-7-9-23(20-22)39(37,38)34-13-6-2-1-4-12-31-27(35)24-18-21(19-25(24)34)28(36)33-16-14-32(15-17-33)26-10-3-5-11-30-26/h3,5,7-11,20-21,24-25H,1-2,4,6,12-19H2,(H,31,35)/t21-,24-,25+/m1/s1. The fourth-order valence-corrected chi connectivity index (χ4v) is 7.83. The second-order valence-electron chi connectivity index (χ2n) is 10.6. The number of nitrogens with one attached hydrogen (secondary N) is 1. The van der Waals surface area contributed by atoms with E-state index in [-0.39, 0.29) is 29.7 Å². The Kier molecular flexibility index (Phi) is 8.46. The number of carbonyl (C=O) groups excluding carboxylic acids is 2. The minimum absolute atomic E-state index is 0.0360. The van der Waals surface area contributed by atoms with E-state index in [4.69, 9.17) is 0 Å². The molecule has 0 unspecified atom stereocenters. The van der Waals surface area contributed by atoms with E-state index in [0.29, 0.717) is 45.6 Å². The number of benzene rings is 1. The third-order valence-electron chi connectivity index (χ3n) is 8.16. The predicted molar refractivity (Wildman–Crippen MR) is 145 cm³/mol. The van der Waals surface area contributed by atoms with Crippen molar-refractivity contribution in [3.63, 3.8) is 0 Å². The van der Waals surface area contributed by atoms with Crippen molar-refractivity contribution in [3.05, 3.63) is 54.5 Å². The zero-order chi connectivity index (χ0) is 27.4. The molecule has 2 amide bonds. The lowest BCUT2D eigenvalue weighted by Gasteiger charge is -2.36. The zero-order valence-corrected chi connectivity index (χ0v) is 22.9. The summed E-state index contributed by atoms with van der Waals surface area (Å²) in [5.74, 6) is -1.10. The van der Waals surface area contributed by atoms with Crippen LogP contribution in [0, 0.1) is 17.7 Å². The van der Waals surface area contributed by atoms with Crippen molar-refractivity contribution in [2.75, 3.05) is 44.2 Å². The molecule has 0 spiro atoms. The number of fused-ring (bicyclic) bond motifs is 1. The monoisotopic (exact) mass is 557 g/mol. The number of pyridine rings is 1. The van der Waals surface area contributed by atoms with Crippen LogP contribution in [0.4, 0.5) is 10.2 Å². The maximum absolute atomic E-state index is 14.0. The lowest BCUT2D eigenvalue weighted by molar-refractivity contribution is -0.135. The van der Waals surface area contributed by atoms with E-state index in [9.17, 15) is 22.4 Å². The van der Waals surface area contributed by atoms with Crippen LogP contribution in [-0.2, 0) is 19.6 Å². The number of hydrogen-bond donors (Lipinski definition) is 1. The summed E-state index contributed by atoms with van der Waals surface area (Å²) in [4.78, 5) is 35.2. The molecule has 0 bridgehead atoms. The van der Waals surface area contributed by atoms with E-state index < -0.39 is 33.7 Å². The first kappa shape index (κ1) is 27.5. The number of aromatic nitrogens is 1. The minimum atomic E-state index is -4.08. The Hall–Kier alpha value is -3.05. The highest BCUT2D eigenvalue weighted by atomic mass is 32.2. The Morgan fingerprint density at radius 1 is 0.949 bits per heavy atom. The van der Waals surface area contributed by atoms with Gasteiger partial charge in [0.2, 0.25) is 21.8 Å². The van der Waals surface area contributed by atoms with Gasteiger partial charge in [0.25, 0.3) is 0 Å². The van der Waals surface area contributed by atoms with Gasteiger partial charge in [0.05, 0.1) is 10.8 Å². The molecule has 1 aliphatic carbocycles. The summed E-state index contributed by atoms with van der Waals surface area (Å²) in [7, 11) is -4.08. The highest BCUT2D eigenvalue weighted by Crippen LogP contribution is 2.39. The van der Waals surface area contributed by atoms with Crippen LogP contribution in [0.25, 0.3) is 0 Å². The van der Waals surface area contributed by atoms with Crippen LogP contribution < -0.4 is 10.2 Å². The fraction of sp³-hybridized carbons (Fsp3) is 0.536. The third kappa shape index (κ3) is 6.09. The van der Waals surface area contributed by atoms with Gasteiger partial charge in [-0.25, -0.2) is 17.8 Å². The number of hydrogen-bond acceptors (Lipinski definition) is 6. The van der Waals surface area contributed by atoms with Crippen LogP contribution in [0.1, 0.15) is 38.5 Å². The van der Waals surface area contributed by atoms with Gasteiger partial charge < -0.3 is 15.1 Å². The first-order valence-electron chi connectivity index (χ1n) is 13.8. The second-order valence-corrected chi connectivity index (χ2v) is 12.5. The third-order valence-corrected chi connectivity index (χ3v) is 10.1. The fourth-order valence-electron chi connectivity index (χ4n) is 6.09. The van der Waals surface area contributed by atoms with Gasteiger partial charge in [-0.05, 0) is 56.0 Å². The van der Waals surface area contributed by atoms with Crippen LogP contribution in [0.3, 0.4) is 0 Å². The maximum Gasteiger partial charge on any atom is 0.243 e. The minimum Gasteiger partial charge on any atom is -0.356 e. The molecule has 9 nitrogen and oxygen atoms in total. The summed E-state index contributed by atoms with van der Waals surface area (Å²) in [6, 6.07) is 10.1. The van der Waals surface area contributed by atoms with Crippen molar-refractivity contribution in [2.45, 2.75) is 49.5 Å². The largest absolute Gasteiger partial charge is 0.356 e. The Bertz CT molecular complexity index is 1270. The molecule has 39 heavy (non-hydrogen) atoms. The molecule has 210 valence electrons. The van der Waals surface area contributed by atoms with Crippen molar-refractivity contribution in [1.29, 1.82) is 0 Å². The van der Waals surface area contributed by atoms with Gasteiger partial charge in [0.15, 0.2) is 0 Å². The number of halogens is 1. The first-order valence-corrected chi connectivity index (χ1v) is 15.3. The van der Waals surface area contributed by atoms with E-state index in [0.717, 1.165) is 31.1 Å². The molecular formula is C28H36FN5O4S. The van der Waals surface area contributed by atoms with Gasteiger partial charge in [-0.1, -0.05) is 25.0 Å². The summed E-state index contributed by atoms with van der Waals surface area (Å²) >= 11 is 0. The molecule has 1 aromatic carbocycles.